The highest BCUT2D eigenvalue weighted by atomic mass is 16.6. The molecule has 0 aromatic heterocycles. The molecule has 0 aliphatic rings. The third-order valence-corrected chi connectivity index (χ3v) is 6.41. The zero-order valence-corrected chi connectivity index (χ0v) is 28.7. The van der Waals surface area contributed by atoms with Gasteiger partial charge in [-0.15, -0.1) is 0 Å². The van der Waals surface area contributed by atoms with E-state index in [1.165, 1.54) is 0 Å². The van der Waals surface area contributed by atoms with Gasteiger partial charge in [-0.3, -0.25) is 0 Å². The molecule has 0 spiro atoms. The van der Waals surface area contributed by atoms with Crippen LogP contribution in [0.3, 0.4) is 0 Å². The number of methoxy groups -OCH3 is 8. The summed E-state index contributed by atoms with van der Waals surface area (Å²) in [6, 6.07) is 0. The summed E-state index contributed by atoms with van der Waals surface area (Å²) in [5, 5.41) is 0. The lowest BCUT2D eigenvalue weighted by atomic mass is 10.2. The quantitative estimate of drug-likeness (QED) is 0.0990. The van der Waals surface area contributed by atoms with Crippen molar-refractivity contribution in [1.29, 1.82) is 0 Å². The van der Waals surface area contributed by atoms with Crippen molar-refractivity contribution in [3.05, 3.63) is 0 Å². The van der Waals surface area contributed by atoms with Gasteiger partial charge in [-0.2, -0.15) is 0 Å². The molecule has 0 fully saturated rings. The van der Waals surface area contributed by atoms with E-state index in [1.54, 1.807) is 56.9 Å². The van der Waals surface area contributed by atoms with E-state index in [-0.39, 0.29) is 42.5 Å². The SMILES string of the molecule is COCC(COCC(COCC(COC)OC)OCC(C)COC(COCC(COC)OC)COCC(COC)OC)OC. The molecule has 0 N–H and O–H groups in total. The third-order valence-electron chi connectivity index (χ3n) is 6.41. The van der Waals surface area contributed by atoms with Crippen LogP contribution in [-0.4, -0.2) is 186 Å². The van der Waals surface area contributed by atoms with Crippen LogP contribution >= 0.6 is 0 Å². The number of hydrogen-bond donors (Lipinski definition) is 0. The molecule has 0 aromatic carbocycles. The second-order valence-electron chi connectivity index (χ2n) is 10.4. The van der Waals surface area contributed by atoms with Gasteiger partial charge in [0, 0.05) is 62.8 Å². The van der Waals surface area contributed by atoms with Crippen molar-refractivity contribution in [1.82, 2.24) is 0 Å². The van der Waals surface area contributed by atoms with Crippen LogP contribution in [-0.2, 0) is 66.3 Å². The van der Waals surface area contributed by atoms with E-state index in [2.05, 4.69) is 6.92 Å². The number of ether oxygens (including phenoxy) is 14. The Kier molecular flexibility index (Phi) is 30.7. The summed E-state index contributed by atoms with van der Waals surface area (Å²) in [7, 11) is 13.0. The van der Waals surface area contributed by atoms with Gasteiger partial charge in [-0.25, -0.2) is 0 Å². The first-order chi connectivity index (χ1) is 21.4. The number of rotatable bonds is 34. The predicted octanol–water partition coefficient (Wildman–Crippen LogP) is 1.10. The molecule has 0 aliphatic heterocycles. The third kappa shape index (κ3) is 23.7. The molecule has 0 amide bonds. The van der Waals surface area contributed by atoms with E-state index in [0.29, 0.717) is 92.5 Å². The summed E-state index contributed by atoms with van der Waals surface area (Å²) in [6.07, 6.45) is -1.29. The maximum absolute atomic E-state index is 6.20. The predicted molar refractivity (Wildman–Crippen MR) is 163 cm³/mol. The fourth-order valence-electron chi connectivity index (χ4n) is 3.74. The minimum absolute atomic E-state index is 0.0702. The first kappa shape index (κ1) is 43.4. The van der Waals surface area contributed by atoms with Crippen molar-refractivity contribution < 1.29 is 66.3 Å². The van der Waals surface area contributed by atoms with Crippen molar-refractivity contribution in [2.75, 3.05) is 149 Å². The molecular weight excluding hydrogens is 584 g/mol. The fraction of sp³-hybridized carbons (Fsp3) is 1.00. The molecule has 44 heavy (non-hydrogen) atoms. The van der Waals surface area contributed by atoms with Gasteiger partial charge in [0.15, 0.2) is 0 Å². The Hall–Kier alpha value is -0.560. The van der Waals surface area contributed by atoms with Gasteiger partial charge in [0.2, 0.25) is 0 Å². The van der Waals surface area contributed by atoms with Crippen LogP contribution in [0.1, 0.15) is 6.92 Å². The summed E-state index contributed by atoms with van der Waals surface area (Å²) < 4.78 is 78.1. The fourth-order valence-corrected chi connectivity index (χ4v) is 3.74. The molecule has 14 nitrogen and oxygen atoms in total. The van der Waals surface area contributed by atoms with Gasteiger partial charge in [0.1, 0.15) is 36.6 Å². The molecule has 4 atom stereocenters. The average molecular weight is 647 g/mol. The minimum Gasteiger partial charge on any atom is -0.382 e. The van der Waals surface area contributed by atoms with Crippen LogP contribution in [0, 0.1) is 5.92 Å². The smallest absolute Gasteiger partial charge is 0.104 e. The van der Waals surface area contributed by atoms with E-state index in [1.807, 2.05) is 0 Å². The van der Waals surface area contributed by atoms with Crippen molar-refractivity contribution in [2.24, 2.45) is 5.92 Å². The second kappa shape index (κ2) is 31.1. The average Bonchev–Trinajstić information content (AvgIpc) is 3.03. The lowest BCUT2D eigenvalue weighted by Crippen LogP contribution is -2.34. The van der Waals surface area contributed by atoms with Crippen LogP contribution in [0.2, 0.25) is 0 Å². The van der Waals surface area contributed by atoms with Crippen molar-refractivity contribution in [3.8, 4) is 0 Å². The lowest BCUT2D eigenvalue weighted by Gasteiger charge is -2.25. The topological polar surface area (TPSA) is 129 Å². The van der Waals surface area contributed by atoms with Crippen molar-refractivity contribution in [2.45, 2.75) is 43.5 Å². The zero-order chi connectivity index (χ0) is 32.8. The van der Waals surface area contributed by atoms with Gasteiger partial charge in [0.05, 0.1) is 92.5 Å². The lowest BCUT2D eigenvalue weighted by molar-refractivity contribution is -0.118. The Balaban J connectivity index is 4.97. The standard InChI is InChI=1S/C30H62O14/c1-24(10-43-29(20-39-16-25(35-6)12-31-2)21-40-17-26(36-7)13-32-3)11-44-30(22-41-18-27(37-8)14-33-4)23-42-19-28(38-9)15-34-5/h24-30H,10-23H2,1-9H3. The second-order valence-corrected chi connectivity index (χ2v) is 10.4. The summed E-state index contributed by atoms with van der Waals surface area (Å²) in [4.78, 5) is 0. The van der Waals surface area contributed by atoms with Gasteiger partial charge in [-0.1, -0.05) is 6.92 Å². The Morgan fingerprint density at radius 2 is 0.523 bits per heavy atom. The monoisotopic (exact) mass is 646 g/mol. The molecular formula is C30H62O14. The molecule has 0 saturated carbocycles. The Labute approximate surface area is 265 Å². The maximum atomic E-state index is 6.20. The van der Waals surface area contributed by atoms with E-state index < -0.39 is 0 Å². The largest absolute Gasteiger partial charge is 0.382 e. The first-order valence-corrected chi connectivity index (χ1v) is 15.0. The van der Waals surface area contributed by atoms with Crippen LogP contribution in [0.5, 0.6) is 0 Å². The molecule has 0 aliphatic carbocycles. The zero-order valence-electron chi connectivity index (χ0n) is 28.7. The van der Waals surface area contributed by atoms with Crippen molar-refractivity contribution >= 4 is 0 Å². The molecule has 0 rings (SSSR count). The molecule has 0 heterocycles. The minimum atomic E-state index is -0.307. The number of hydrogen-bond acceptors (Lipinski definition) is 14. The van der Waals surface area contributed by atoms with Gasteiger partial charge < -0.3 is 66.3 Å². The molecule has 0 saturated heterocycles. The van der Waals surface area contributed by atoms with Gasteiger partial charge in [0.25, 0.3) is 0 Å². The molecule has 266 valence electrons. The van der Waals surface area contributed by atoms with Crippen molar-refractivity contribution in [3.63, 3.8) is 0 Å². The Morgan fingerprint density at radius 1 is 0.295 bits per heavy atom. The van der Waals surface area contributed by atoms with E-state index in [0.717, 1.165) is 0 Å². The molecule has 0 aromatic rings. The summed E-state index contributed by atoms with van der Waals surface area (Å²) in [5.74, 6) is 0.0702. The van der Waals surface area contributed by atoms with Gasteiger partial charge in [-0.05, 0) is 0 Å². The summed E-state index contributed by atoms with van der Waals surface area (Å²) in [5.41, 5.74) is 0. The molecule has 0 bridgehead atoms. The normalized spacial score (nSPS) is 16.8. The van der Waals surface area contributed by atoms with Crippen LogP contribution in [0.25, 0.3) is 0 Å². The van der Waals surface area contributed by atoms with Crippen LogP contribution < -0.4 is 0 Å². The maximum Gasteiger partial charge on any atom is 0.104 e. The highest BCUT2D eigenvalue weighted by Gasteiger charge is 2.19. The van der Waals surface area contributed by atoms with E-state index in [9.17, 15) is 0 Å². The molecule has 14 heteroatoms. The van der Waals surface area contributed by atoms with Crippen LogP contribution in [0.4, 0.5) is 0 Å². The Bertz CT molecular complexity index is 502. The highest BCUT2D eigenvalue weighted by molar-refractivity contribution is 4.65. The first-order valence-electron chi connectivity index (χ1n) is 15.0. The summed E-state index contributed by atoms with van der Waals surface area (Å²) in [6.45, 7) is 7.46. The van der Waals surface area contributed by atoms with Crippen LogP contribution in [0.15, 0.2) is 0 Å². The molecule has 4 unspecified atom stereocenters. The van der Waals surface area contributed by atoms with E-state index >= 15 is 0 Å². The highest BCUT2D eigenvalue weighted by Crippen LogP contribution is 2.08. The van der Waals surface area contributed by atoms with Gasteiger partial charge >= 0.3 is 0 Å². The molecule has 0 radical (unpaired) electrons. The van der Waals surface area contributed by atoms with E-state index in [4.69, 9.17) is 66.3 Å². The summed E-state index contributed by atoms with van der Waals surface area (Å²) >= 11 is 0. The Morgan fingerprint density at radius 3 is 0.727 bits per heavy atom.